The molecule has 0 amide bonds. The summed E-state index contributed by atoms with van der Waals surface area (Å²) < 4.78 is 39.5. The average Bonchev–Trinajstić information content (AvgIpc) is 2.37. The summed E-state index contributed by atoms with van der Waals surface area (Å²) in [6, 6.07) is 7.90. The molecule has 0 aromatic heterocycles. The molecule has 0 aliphatic rings. The predicted molar refractivity (Wildman–Crippen MR) is 75.6 cm³/mol. The van der Waals surface area contributed by atoms with Crippen molar-refractivity contribution in [3.05, 3.63) is 58.9 Å². The minimum atomic E-state index is -3.96. The summed E-state index contributed by atoms with van der Waals surface area (Å²) in [7, 11) is -3.96. The Morgan fingerprint density at radius 1 is 1.14 bits per heavy atom. The van der Waals surface area contributed by atoms with Gasteiger partial charge in [-0.15, -0.1) is 0 Å². The lowest BCUT2D eigenvalue weighted by Crippen LogP contribution is -2.13. The first-order chi connectivity index (χ1) is 9.78. The summed E-state index contributed by atoms with van der Waals surface area (Å²) in [4.78, 5) is 10.6. The van der Waals surface area contributed by atoms with Gasteiger partial charge in [0.2, 0.25) is 0 Å². The second-order valence-corrected chi connectivity index (χ2v) is 6.21. The number of hydrogen-bond acceptors (Lipinski definition) is 3. The maximum absolute atomic E-state index is 13.2. The molecule has 2 rings (SSSR count). The fourth-order valence-electron chi connectivity index (χ4n) is 1.60. The summed E-state index contributed by atoms with van der Waals surface area (Å²) in [5, 5.41) is 8.80. The molecule has 0 saturated heterocycles. The van der Waals surface area contributed by atoms with Crippen LogP contribution in [0.15, 0.2) is 47.4 Å². The van der Waals surface area contributed by atoms with E-state index in [2.05, 4.69) is 4.72 Å². The molecule has 0 bridgehead atoms. The van der Waals surface area contributed by atoms with Gasteiger partial charge < -0.3 is 5.11 Å². The lowest BCUT2D eigenvalue weighted by Gasteiger charge is -2.09. The van der Waals surface area contributed by atoms with Gasteiger partial charge in [0.05, 0.1) is 16.1 Å². The number of hydrogen-bond donors (Lipinski definition) is 2. The van der Waals surface area contributed by atoms with E-state index in [0.717, 1.165) is 36.4 Å². The zero-order valence-corrected chi connectivity index (χ0v) is 12.0. The van der Waals surface area contributed by atoms with Gasteiger partial charge in [0.15, 0.2) is 0 Å². The predicted octanol–water partition coefficient (Wildman–Crippen LogP) is 2.98. The van der Waals surface area contributed by atoms with Crippen LogP contribution < -0.4 is 4.72 Å². The van der Waals surface area contributed by atoms with Crippen molar-refractivity contribution in [1.82, 2.24) is 0 Å². The molecule has 2 aromatic carbocycles. The Hall–Kier alpha value is -2.12. The Balaban J connectivity index is 2.31. The van der Waals surface area contributed by atoms with Crippen molar-refractivity contribution in [2.75, 3.05) is 4.72 Å². The molecular weight excluding hydrogens is 321 g/mol. The molecule has 0 unspecified atom stereocenters. The zero-order valence-electron chi connectivity index (χ0n) is 10.4. The highest BCUT2D eigenvalue weighted by molar-refractivity contribution is 7.92. The molecule has 110 valence electrons. The molecule has 0 spiro atoms. The monoisotopic (exact) mass is 329 g/mol. The van der Waals surface area contributed by atoms with E-state index in [-0.39, 0.29) is 21.2 Å². The van der Waals surface area contributed by atoms with Crippen LogP contribution in [-0.4, -0.2) is 19.5 Å². The first-order valence-corrected chi connectivity index (χ1v) is 7.46. The van der Waals surface area contributed by atoms with Gasteiger partial charge in [-0.3, -0.25) is 4.72 Å². The normalized spacial score (nSPS) is 11.1. The third kappa shape index (κ3) is 3.71. The number of halogens is 2. The zero-order chi connectivity index (χ0) is 15.6. The molecule has 21 heavy (non-hydrogen) atoms. The molecule has 0 radical (unpaired) electrons. The van der Waals surface area contributed by atoms with Gasteiger partial charge in [0, 0.05) is 5.02 Å². The number of anilines is 1. The van der Waals surface area contributed by atoms with Gasteiger partial charge in [0.25, 0.3) is 10.0 Å². The molecular formula is C13H9ClFNO4S. The lowest BCUT2D eigenvalue weighted by atomic mass is 10.2. The van der Waals surface area contributed by atoms with Gasteiger partial charge in [-0.1, -0.05) is 11.6 Å². The van der Waals surface area contributed by atoms with E-state index in [9.17, 15) is 17.6 Å². The number of benzene rings is 2. The second kappa shape index (κ2) is 5.71. The number of rotatable bonds is 4. The van der Waals surface area contributed by atoms with Crippen molar-refractivity contribution in [2.45, 2.75) is 4.90 Å². The van der Waals surface area contributed by atoms with E-state index in [1.54, 1.807) is 0 Å². The minimum absolute atomic E-state index is 0.0256. The summed E-state index contributed by atoms with van der Waals surface area (Å²) in [6.45, 7) is 0. The van der Waals surface area contributed by atoms with E-state index in [4.69, 9.17) is 16.7 Å². The molecule has 0 aliphatic heterocycles. The standard InChI is InChI=1S/C13H9ClFNO4S/c14-9-5-10(15)7-11(6-9)16-21(19,20)12-3-1-8(2-4-12)13(17)18/h1-7,16H,(H,17,18). The Labute approximate surface area is 125 Å². The number of sulfonamides is 1. The van der Waals surface area contributed by atoms with Crippen LogP contribution in [0.25, 0.3) is 0 Å². The van der Waals surface area contributed by atoms with Crippen LogP contribution >= 0.6 is 11.6 Å². The third-order valence-electron chi connectivity index (χ3n) is 2.53. The molecule has 0 aliphatic carbocycles. The van der Waals surface area contributed by atoms with E-state index < -0.39 is 21.8 Å². The molecule has 0 saturated carbocycles. The van der Waals surface area contributed by atoms with Crippen LogP contribution in [0.3, 0.4) is 0 Å². The third-order valence-corrected chi connectivity index (χ3v) is 4.14. The van der Waals surface area contributed by atoms with Gasteiger partial charge in [-0.05, 0) is 42.5 Å². The highest BCUT2D eigenvalue weighted by Crippen LogP contribution is 2.21. The topological polar surface area (TPSA) is 83.5 Å². The van der Waals surface area contributed by atoms with E-state index in [0.29, 0.717) is 0 Å². The summed E-state index contributed by atoms with van der Waals surface area (Å²) >= 11 is 5.64. The van der Waals surface area contributed by atoms with Crippen LogP contribution in [-0.2, 0) is 10.0 Å². The van der Waals surface area contributed by atoms with Crippen LogP contribution in [0, 0.1) is 5.82 Å². The fraction of sp³-hybridized carbons (Fsp3) is 0. The van der Waals surface area contributed by atoms with Gasteiger partial charge in [0.1, 0.15) is 5.82 Å². The molecule has 8 heteroatoms. The van der Waals surface area contributed by atoms with Crippen molar-refractivity contribution in [3.8, 4) is 0 Å². The van der Waals surface area contributed by atoms with Crippen molar-refractivity contribution < 1.29 is 22.7 Å². The number of carbonyl (C=O) groups is 1. The fourth-order valence-corrected chi connectivity index (χ4v) is 2.87. The van der Waals surface area contributed by atoms with Crippen molar-refractivity contribution in [2.24, 2.45) is 0 Å². The number of aromatic carboxylic acids is 1. The summed E-state index contributed by atoms with van der Waals surface area (Å²) in [5.41, 5.74) is -0.0648. The Morgan fingerprint density at radius 3 is 2.29 bits per heavy atom. The molecule has 0 heterocycles. The van der Waals surface area contributed by atoms with Crippen LogP contribution in [0.5, 0.6) is 0 Å². The van der Waals surface area contributed by atoms with E-state index in [1.165, 1.54) is 6.07 Å². The van der Waals surface area contributed by atoms with E-state index >= 15 is 0 Å². The van der Waals surface area contributed by atoms with Gasteiger partial charge >= 0.3 is 5.97 Å². The Bertz CT molecular complexity index is 770. The average molecular weight is 330 g/mol. The SMILES string of the molecule is O=C(O)c1ccc(S(=O)(=O)Nc2cc(F)cc(Cl)c2)cc1. The van der Waals surface area contributed by atoms with Crippen LogP contribution in [0.1, 0.15) is 10.4 Å². The quantitative estimate of drug-likeness (QED) is 0.903. The Morgan fingerprint density at radius 2 is 1.76 bits per heavy atom. The second-order valence-electron chi connectivity index (χ2n) is 4.09. The number of carboxylic acids is 1. The van der Waals surface area contributed by atoms with Crippen LogP contribution in [0.4, 0.5) is 10.1 Å². The first kappa shape index (κ1) is 15.3. The smallest absolute Gasteiger partial charge is 0.335 e. The molecule has 2 aromatic rings. The van der Waals surface area contributed by atoms with Gasteiger partial charge in [-0.2, -0.15) is 0 Å². The lowest BCUT2D eigenvalue weighted by molar-refractivity contribution is 0.0696. The maximum Gasteiger partial charge on any atom is 0.335 e. The first-order valence-electron chi connectivity index (χ1n) is 5.60. The van der Waals surface area contributed by atoms with Crippen molar-refractivity contribution in [1.29, 1.82) is 0 Å². The molecule has 0 atom stereocenters. The molecule has 2 N–H and O–H groups in total. The number of carboxylic acid groups (broad SMARTS) is 1. The van der Waals surface area contributed by atoms with Gasteiger partial charge in [-0.25, -0.2) is 17.6 Å². The molecule has 0 fully saturated rings. The highest BCUT2D eigenvalue weighted by atomic mass is 35.5. The highest BCUT2D eigenvalue weighted by Gasteiger charge is 2.15. The Kier molecular flexibility index (Phi) is 4.15. The van der Waals surface area contributed by atoms with Crippen molar-refractivity contribution in [3.63, 3.8) is 0 Å². The number of nitrogens with one attached hydrogen (secondary N) is 1. The molecule has 5 nitrogen and oxygen atoms in total. The largest absolute Gasteiger partial charge is 0.478 e. The minimum Gasteiger partial charge on any atom is -0.478 e. The van der Waals surface area contributed by atoms with Crippen LogP contribution in [0.2, 0.25) is 5.02 Å². The van der Waals surface area contributed by atoms with Crippen molar-refractivity contribution >= 4 is 33.3 Å². The maximum atomic E-state index is 13.2. The summed E-state index contributed by atoms with van der Waals surface area (Å²) in [5.74, 6) is -1.84. The van der Waals surface area contributed by atoms with E-state index in [1.807, 2.05) is 0 Å². The summed E-state index contributed by atoms with van der Waals surface area (Å²) in [6.07, 6.45) is 0.